The van der Waals surface area contributed by atoms with Gasteiger partial charge in [-0.2, -0.15) is 0 Å². The molecule has 4 rings (SSSR count). The Hall–Kier alpha value is -2.10. The van der Waals surface area contributed by atoms with E-state index in [1.807, 2.05) is 38.1 Å². The molecule has 1 fully saturated rings. The first-order chi connectivity index (χ1) is 11.7. The SMILES string of the molecule is C[C@@H]1OC2(CC(c3ccccc3)C=C(c3ccccc3)O2)O[C@@H]1C. The van der Waals surface area contributed by atoms with E-state index in [0.717, 1.165) is 11.3 Å². The number of benzene rings is 2. The smallest absolute Gasteiger partial charge is 0.328 e. The van der Waals surface area contributed by atoms with Gasteiger partial charge in [0.25, 0.3) is 0 Å². The molecule has 0 N–H and O–H groups in total. The van der Waals surface area contributed by atoms with Crippen molar-refractivity contribution in [3.8, 4) is 0 Å². The normalized spacial score (nSPS) is 32.4. The Balaban J connectivity index is 1.74. The minimum atomic E-state index is -1.00. The van der Waals surface area contributed by atoms with Crippen molar-refractivity contribution in [2.24, 2.45) is 0 Å². The Morgan fingerprint density at radius 2 is 1.42 bits per heavy atom. The van der Waals surface area contributed by atoms with Crippen molar-refractivity contribution >= 4 is 5.76 Å². The first-order valence-electron chi connectivity index (χ1n) is 8.52. The Kier molecular flexibility index (Phi) is 3.91. The molecule has 2 heterocycles. The van der Waals surface area contributed by atoms with Crippen LogP contribution in [0.25, 0.3) is 5.76 Å². The van der Waals surface area contributed by atoms with Gasteiger partial charge in [0.15, 0.2) is 0 Å². The minimum Gasteiger partial charge on any atom is -0.439 e. The highest BCUT2D eigenvalue weighted by Gasteiger charge is 2.50. The van der Waals surface area contributed by atoms with E-state index in [1.165, 1.54) is 5.56 Å². The Bertz CT molecular complexity index is 713. The summed E-state index contributed by atoms with van der Waals surface area (Å²) in [5, 5.41) is 0. The van der Waals surface area contributed by atoms with Gasteiger partial charge in [0.1, 0.15) is 5.76 Å². The van der Waals surface area contributed by atoms with Crippen molar-refractivity contribution in [2.45, 2.75) is 44.4 Å². The molecule has 2 unspecified atom stereocenters. The van der Waals surface area contributed by atoms with E-state index < -0.39 is 5.97 Å². The van der Waals surface area contributed by atoms with Crippen LogP contribution in [0.3, 0.4) is 0 Å². The van der Waals surface area contributed by atoms with Gasteiger partial charge in [0.2, 0.25) is 0 Å². The van der Waals surface area contributed by atoms with Crippen molar-refractivity contribution in [3.05, 3.63) is 77.9 Å². The maximum absolute atomic E-state index is 6.23. The molecule has 2 aromatic rings. The molecule has 2 aliphatic rings. The number of hydrogen-bond donors (Lipinski definition) is 0. The van der Waals surface area contributed by atoms with Crippen LogP contribution in [0.4, 0.5) is 0 Å². The molecule has 0 aliphatic carbocycles. The van der Waals surface area contributed by atoms with Gasteiger partial charge in [-0.05, 0) is 25.5 Å². The van der Waals surface area contributed by atoms with Gasteiger partial charge in [-0.3, -0.25) is 0 Å². The molecule has 1 spiro atoms. The quantitative estimate of drug-likeness (QED) is 0.801. The zero-order valence-corrected chi connectivity index (χ0v) is 14.0. The van der Waals surface area contributed by atoms with Crippen molar-refractivity contribution in [1.82, 2.24) is 0 Å². The van der Waals surface area contributed by atoms with Gasteiger partial charge in [0.05, 0.1) is 18.6 Å². The average Bonchev–Trinajstić information content (AvgIpc) is 2.89. The number of rotatable bonds is 2. The van der Waals surface area contributed by atoms with Gasteiger partial charge in [0, 0.05) is 11.5 Å². The highest BCUT2D eigenvalue weighted by molar-refractivity contribution is 5.62. The van der Waals surface area contributed by atoms with Gasteiger partial charge in [-0.15, -0.1) is 0 Å². The summed E-state index contributed by atoms with van der Waals surface area (Å²) in [4.78, 5) is 0. The lowest BCUT2D eigenvalue weighted by Crippen LogP contribution is -2.38. The number of ether oxygens (including phenoxy) is 3. The third-order valence-corrected chi connectivity index (χ3v) is 4.77. The van der Waals surface area contributed by atoms with Crippen LogP contribution in [0.1, 0.15) is 37.3 Å². The van der Waals surface area contributed by atoms with E-state index in [4.69, 9.17) is 14.2 Å². The van der Waals surface area contributed by atoms with E-state index in [9.17, 15) is 0 Å². The fourth-order valence-electron chi connectivity index (χ4n) is 3.36. The molecule has 0 bridgehead atoms. The third-order valence-electron chi connectivity index (χ3n) is 4.77. The summed E-state index contributed by atoms with van der Waals surface area (Å²) in [7, 11) is 0. The standard InChI is InChI=1S/C21H22O3/c1-15-16(2)23-21(22-15)14-19(17-9-5-3-6-10-17)13-20(24-21)18-11-7-4-8-12-18/h3-13,15-16,19H,14H2,1-2H3/t15-,16+,19?,21?. The fraction of sp³-hybridized carbons (Fsp3) is 0.333. The van der Waals surface area contributed by atoms with Gasteiger partial charge >= 0.3 is 5.97 Å². The molecule has 2 aliphatic heterocycles. The second-order valence-electron chi connectivity index (χ2n) is 6.55. The lowest BCUT2D eigenvalue weighted by molar-refractivity contribution is -0.318. The summed E-state index contributed by atoms with van der Waals surface area (Å²) < 4.78 is 18.5. The molecule has 3 nitrogen and oxygen atoms in total. The van der Waals surface area contributed by atoms with Crippen LogP contribution in [0.15, 0.2) is 66.7 Å². The summed E-state index contributed by atoms with van der Waals surface area (Å²) in [6.45, 7) is 4.06. The molecule has 2 aromatic carbocycles. The van der Waals surface area contributed by atoms with Crippen LogP contribution in [-0.2, 0) is 14.2 Å². The summed E-state index contributed by atoms with van der Waals surface area (Å²) in [5.41, 5.74) is 2.28. The molecule has 24 heavy (non-hydrogen) atoms. The van der Waals surface area contributed by atoms with Crippen LogP contribution >= 0.6 is 0 Å². The third kappa shape index (κ3) is 2.85. The zero-order chi connectivity index (χ0) is 16.6. The summed E-state index contributed by atoms with van der Waals surface area (Å²) in [6, 6.07) is 20.6. The first-order valence-corrected chi connectivity index (χ1v) is 8.52. The Morgan fingerprint density at radius 3 is 2.04 bits per heavy atom. The van der Waals surface area contributed by atoms with E-state index >= 15 is 0 Å². The summed E-state index contributed by atoms with van der Waals surface area (Å²) in [5.74, 6) is 0.00359. The molecule has 0 radical (unpaired) electrons. The van der Waals surface area contributed by atoms with Crippen LogP contribution in [-0.4, -0.2) is 18.2 Å². The van der Waals surface area contributed by atoms with Gasteiger partial charge < -0.3 is 14.2 Å². The molecule has 0 aromatic heterocycles. The van der Waals surface area contributed by atoms with Crippen LogP contribution < -0.4 is 0 Å². The van der Waals surface area contributed by atoms with E-state index in [2.05, 4.69) is 42.5 Å². The maximum Gasteiger partial charge on any atom is 0.328 e. The molecule has 3 heteroatoms. The fourth-order valence-corrected chi connectivity index (χ4v) is 3.36. The molecule has 1 saturated heterocycles. The second kappa shape index (κ2) is 6.08. The monoisotopic (exact) mass is 322 g/mol. The summed E-state index contributed by atoms with van der Waals surface area (Å²) in [6.07, 6.45) is 2.85. The lowest BCUT2D eigenvalue weighted by atomic mass is 9.91. The van der Waals surface area contributed by atoms with E-state index in [0.29, 0.717) is 6.42 Å². The largest absolute Gasteiger partial charge is 0.439 e. The minimum absolute atomic E-state index is 0.0107. The van der Waals surface area contributed by atoms with Crippen molar-refractivity contribution in [3.63, 3.8) is 0 Å². The van der Waals surface area contributed by atoms with Crippen molar-refractivity contribution < 1.29 is 14.2 Å². The molecular weight excluding hydrogens is 300 g/mol. The zero-order valence-electron chi connectivity index (χ0n) is 14.0. The predicted octanol–water partition coefficient (Wildman–Crippen LogP) is 4.71. The van der Waals surface area contributed by atoms with Gasteiger partial charge in [-0.1, -0.05) is 60.7 Å². The number of allylic oxidation sites excluding steroid dienone is 1. The maximum atomic E-state index is 6.23. The second-order valence-corrected chi connectivity index (χ2v) is 6.55. The van der Waals surface area contributed by atoms with Crippen molar-refractivity contribution in [2.75, 3.05) is 0 Å². The highest BCUT2D eigenvalue weighted by atomic mass is 16.9. The molecule has 0 amide bonds. The highest BCUT2D eigenvalue weighted by Crippen LogP contribution is 2.45. The van der Waals surface area contributed by atoms with Gasteiger partial charge in [-0.25, -0.2) is 0 Å². The van der Waals surface area contributed by atoms with Crippen LogP contribution in [0, 0.1) is 0 Å². The van der Waals surface area contributed by atoms with E-state index in [1.54, 1.807) is 0 Å². The molecule has 0 saturated carbocycles. The summed E-state index contributed by atoms with van der Waals surface area (Å²) >= 11 is 0. The Labute approximate surface area is 142 Å². The van der Waals surface area contributed by atoms with Crippen LogP contribution in [0.5, 0.6) is 0 Å². The Morgan fingerprint density at radius 1 is 0.833 bits per heavy atom. The van der Waals surface area contributed by atoms with Crippen LogP contribution in [0.2, 0.25) is 0 Å². The van der Waals surface area contributed by atoms with Crippen molar-refractivity contribution in [1.29, 1.82) is 0 Å². The first kappa shape index (κ1) is 15.4. The molecular formula is C21H22O3. The number of hydrogen-bond acceptors (Lipinski definition) is 3. The molecule has 124 valence electrons. The molecule has 4 atom stereocenters. The topological polar surface area (TPSA) is 27.7 Å². The lowest BCUT2D eigenvalue weighted by Gasteiger charge is -2.36. The van der Waals surface area contributed by atoms with E-state index in [-0.39, 0.29) is 18.1 Å². The average molecular weight is 322 g/mol. The predicted molar refractivity (Wildman–Crippen MR) is 93.1 cm³/mol.